The molecule has 1 aliphatic carbocycles. The first kappa shape index (κ1) is 19.6. The van der Waals surface area contributed by atoms with Gasteiger partial charge in [-0.1, -0.05) is 54.6 Å². The number of rotatable bonds is 4. The molecular formula is C28H24BO3. The molecule has 0 atom stereocenters. The highest BCUT2D eigenvalue weighted by atomic mass is 16.5. The molecule has 6 rings (SSSR count). The van der Waals surface area contributed by atoms with Crippen LogP contribution in [0.5, 0.6) is 0 Å². The van der Waals surface area contributed by atoms with Crippen LogP contribution in [-0.2, 0) is 4.65 Å². The van der Waals surface area contributed by atoms with Gasteiger partial charge >= 0.3 is 7.48 Å². The highest BCUT2D eigenvalue weighted by Crippen LogP contribution is 2.51. The smallest absolute Gasteiger partial charge is 0.331 e. The molecule has 1 aromatic heterocycles. The third-order valence-corrected chi connectivity index (χ3v) is 7.10. The monoisotopic (exact) mass is 419 g/mol. The van der Waals surface area contributed by atoms with Gasteiger partial charge in [0, 0.05) is 16.3 Å². The maximum absolute atomic E-state index is 10.5. The van der Waals surface area contributed by atoms with Gasteiger partial charge in [-0.2, -0.15) is 0 Å². The van der Waals surface area contributed by atoms with Gasteiger partial charge in [-0.15, -0.1) is 0 Å². The number of fused-ring (bicyclic) bond motifs is 7. The predicted octanol–water partition coefficient (Wildman–Crippen LogP) is 6.20. The Kier molecular flexibility index (Phi) is 3.96. The van der Waals surface area contributed by atoms with Crippen molar-refractivity contribution in [3.8, 4) is 22.3 Å². The van der Waals surface area contributed by atoms with E-state index >= 15 is 0 Å². The fraction of sp³-hybridized carbons (Fsp3) is 0.214. The zero-order valence-electron chi connectivity index (χ0n) is 18.7. The summed E-state index contributed by atoms with van der Waals surface area (Å²) in [5.74, 6) is 0. The van der Waals surface area contributed by atoms with Gasteiger partial charge in [0.2, 0.25) is 0 Å². The van der Waals surface area contributed by atoms with Crippen LogP contribution >= 0.6 is 0 Å². The minimum atomic E-state index is -0.980. The molecule has 5 aromatic rings. The second-order valence-electron chi connectivity index (χ2n) is 9.70. The minimum absolute atomic E-state index is 0.735. The molecule has 4 aromatic carbocycles. The summed E-state index contributed by atoms with van der Waals surface area (Å²) in [5.41, 5.74) is 5.89. The van der Waals surface area contributed by atoms with Gasteiger partial charge in [-0.05, 0) is 72.8 Å². The Morgan fingerprint density at radius 2 is 1.53 bits per heavy atom. The van der Waals surface area contributed by atoms with Crippen molar-refractivity contribution in [3.05, 3.63) is 66.7 Å². The second-order valence-corrected chi connectivity index (χ2v) is 9.70. The van der Waals surface area contributed by atoms with Gasteiger partial charge in [0.15, 0.2) is 0 Å². The summed E-state index contributed by atoms with van der Waals surface area (Å²) in [4.78, 5) is 0. The Labute approximate surface area is 187 Å². The van der Waals surface area contributed by atoms with Gasteiger partial charge in [0.05, 0.1) is 11.2 Å². The molecule has 4 heteroatoms. The molecule has 157 valence electrons. The van der Waals surface area contributed by atoms with Crippen LogP contribution < -0.4 is 5.46 Å². The van der Waals surface area contributed by atoms with Crippen LogP contribution in [0.2, 0.25) is 0 Å². The van der Waals surface area contributed by atoms with Crippen molar-refractivity contribution in [2.45, 2.75) is 38.9 Å². The molecule has 1 N–H and O–H groups in total. The van der Waals surface area contributed by atoms with E-state index in [-0.39, 0.29) is 0 Å². The molecule has 0 saturated carbocycles. The van der Waals surface area contributed by atoms with E-state index in [9.17, 15) is 5.11 Å². The molecular weight excluding hydrogens is 395 g/mol. The molecule has 0 saturated heterocycles. The van der Waals surface area contributed by atoms with E-state index < -0.39 is 11.2 Å². The lowest BCUT2D eigenvalue weighted by molar-refractivity contribution is -0.0893. The van der Waals surface area contributed by atoms with Gasteiger partial charge in [-0.25, -0.2) is 0 Å². The van der Waals surface area contributed by atoms with E-state index in [0.717, 1.165) is 33.0 Å². The Morgan fingerprint density at radius 1 is 0.781 bits per heavy atom. The molecule has 0 amide bonds. The number of hydrogen-bond donors (Lipinski definition) is 1. The predicted molar refractivity (Wildman–Crippen MR) is 133 cm³/mol. The lowest BCUT2D eigenvalue weighted by atomic mass is 9.78. The van der Waals surface area contributed by atoms with Crippen molar-refractivity contribution in [2.75, 3.05) is 0 Å². The van der Waals surface area contributed by atoms with Gasteiger partial charge in [-0.3, -0.25) is 0 Å². The summed E-state index contributed by atoms with van der Waals surface area (Å²) in [6, 6.07) is 23.2. The first-order valence-electron chi connectivity index (χ1n) is 11.0. The van der Waals surface area contributed by atoms with E-state index in [1.807, 2.05) is 26.0 Å². The molecule has 0 bridgehead atoms. The number of para-hydroxylation sites is 1. The normalized spacial score (nSPS) is 13.3. The molecule has 1 heterocycles. The minimum Gasteiger partial charge on any atom is -0.456 e. The summed E-state index contributed by atoms with van der Waals surface area (Å²) in [6.07, 6.45) is 0. The maximum atomic E-state index is 10.5. The highest BCUT2D eigenvalue weighted by Gasteiger charge is 2.36. The number of hydrogen-bond acceptors (Lipinski definition) is 3. The zero-order valence-corrected chi connectivity index (χ0v) is 18.7. The third-order valence-electron chi connectivity index (χ3n) is 7.10. The van der Waals surface area contributed by atoms with Crippen LogP contribution in [0, 0.1) is 0 Å². The quantitative estimate of drug-likeness (QED) is 0.346. The van der Waals surface area contributed by atoms with E-state index in [2.05, 4.69) is 54.6 Å². The number of benzene rings is 4. The van der Waals surface area contributed by atoms with Crippen LogP contribution in [-0.4, -0.2) is 23.8 Å². The largest absolute Gasteiger partial charge is 0.456 e. The first-order chi connectivity index (χ1) is 15.3. The average molecular weight is 419 g/mol. The SMILES string of the molecule is CC(C)(O)C(C)(C)O[B]c1cccc2c1-c1cccc3cc4oc5ccccc5c4c-2c13. The van der Waals surface area contributed by atoms with E-state index in [1.54, 1.807) is 21.3 Å². The fourth-order valence-corrected chi connectivity index (χ4v) is 4.67. The van der Waals surface area contributed by atoms with E-state index in [4.69, 9.17) is 9.07 Å². The molecule has 3 nitrogen and oxygen atoms in total. The second kappa shape index (κ2) is 6.47. The summed E-state index contributed by atoms with van der Waals surface area (Å²) in [6.45, 7) is 7.35. The Balaban J connectivity index is 1.61. The van der Waals surface area contributed by atoms with Crippen molar-refractivity contribution in [1.29, 1.82) is 0 Å². The van der Waals surface area contributed by atoms with Crippen molar-refractivity contribution >= 4 is 45.7 Å². The van der Waals surface area contributed by atoms with Crippen LogP contribution in [0.3, 0.4) is 0 Å². The third kappa shape index (κ3) is 2.63. The molecule has 1 radical (unpaired) electrons. The number of furan rings is 1. The van der Waals surface area contributed by atoms with Crippen molar-refractivity contribution in [2.24, 2.45) is 0 Å². The lowest BCUT2D eigenvalue weighted by Crippen LogP contribution is -2.49. The molecule has 0 fully saturated rings. The van der Waals surface area contributed by atoms with Gasteiger partial charge in [0.1, 0.15) is 11.2 Å². The topological polar surface area (TPSA) is 42.6 Å². The first-order valence-corrected chi connectivity index (χ1v) is 11.0. The Morgan fingerprint density at radius 3 is 2.34 bits per heavy atom. The van der Waals surface area contributed by atoms with E-state index in [0.29, 0.717) is 0 Å². The number of aliphatic hydroxyl groups is 1. The standard InChI is InChI=1S/C28H24BO3/c1-27(2,30)28(3,4)32-29-20-13-8-12-19-24(20)18-11-7-9-16-15-22-25(26(19)23(16)18)17-10-5-6-14-21(17)31-22/h5-15,30H,1-4H3. The summed E-state index contributed by atoms with van der Waals surface area (Å²) in [7, 11) is 1.80. The summed E-state index contributed by atoms with van der Waals surface area (Å²) in [5, 5.41) is 15.2. The molecule has 0 aliphatic heterocycles. The molecule has 32 heavy (non-hydrogen) atoms. The zero-order chi connectivity index (χ0) is 22.3. The van der Waals surface area contributed by atoms with Crippen LogP contribution in [0.1, 0.15) is 27.7 Å². The molecule has 0 unspecified atom stereocenters. The lowest BCUT2D eigenvalue weighted by Gasteiger charge is -2.37. The van der Waals surface area contributed by atoms with Gasteiger partial charge in [0.25, 0.3) is 0 Å². The maximum Gasteiger partial charge on any atom is 0.331 e. The highest BCUT2D eigenvalue weighted by molar-refractivity contribution is 6.51. The van der Waals surface area contributed by atoms with Crippen LogP contribution in [0.25, 0.3) is 55.0 Å². The molecule has 0 spiro atoms. The van der Waals surface area contributed by atoms with Crippen LogP contribution in [0.15, 0.2) is 71.1 Å². The van der Waals surface area contributed by atoms with Gasteiger partial charge < -0.3 is 14.2 Å². The van der Waals surface area contributed by atoms with Crippen molar-refractivity contribution in [1.82, 2.24) is 0 Å². The van der Waals surface area contributed by atoms with Crippen LogP contribution in [0.4, 0.5) is 0 Å². The van der Waals surface area contributed by atoms with Crippen molar-refractivity contribution < 1.29 is 14.2 Å². The fourth-order valence-electron chi connectivity index (χ4n) is 4.67. The Hall–Kier alpha value is -3.08. The summed E-state index contributed by atoms with van der Waals surface area (Å²) < 4.78 is 12.4. The summed E-state index contributed by atoms with van der Waals surface area (Å²) >= 11 is 0. The van der Waals surface area contributed by atoms with E-state index in [1.165, 1.54) is 27.5 Å². The average Bonchev–Trinajstić information content (AvgIpc) is 3.29. The molecule has 1 aliphatic rings. The van der Waals surface area contributed by atoms with Crippen molar-refractivity contribution in [3.63, 3.8) is 0 Å². The Bertz CT molecular complexity index is 1540.